The summed E-state index contributed by atoms with van der Waals surface area (Å²) in [4.78, 5) is 0. The number of aromatic nitrogens is 3. The molecule has 1 aromatic heterocycles. The number of fused-ring (bicyclic) bond motifs is 3. The number of hydrogen-bond donors (Lipinski definition) is 1. The molecule has 0 spiro atoms. The van der Waals surface area contributed by atoms with E-state index in [1.807, 2.05) is 0 Å². The molecule has 0 saturated heterocycles. The molecule has 2 bridgehead atoms. The highest BCUT2D eigenvalue weighted by molar-refractivity contribution is 5.12. The molecule has 4 heteroatoms. The Morgan fingerprint density at radius 1 is 1.25 bits per heavy atom. The molecule has 2 aliphatic carbocycles. The van der Waals surface area contributed by atoms with Crippen LogP contribution >= 0.6 is 0 Å². The molecule has 3 aliphatic rings. The van der Waals surface area contributed by atoms with Gasteiger partial charge in [0, 0.05) is 19.0 Å². The molecule has 0 aromatic carbocycles. The maximum Gasteiger partial charge on any atom is 0.149 e. The van der Waals surface area contributed by atoms with Gasteiger partial charge in [-0.05, 0) is 50.9 Å². The molecule has 4 rings (SSSR count). The van der Waals surface area contributed by atoms with E-state index in [9.17, 15) is 0 Å². The third-order valence-corrected chi connectivity index (χ3v) is 5.51. The summed E-state index contributed by atoms with van der Waals surface area (Å²) < 4.78 is 2.31. The largest absolute Gasteiger partial charge is 0.314 e. The lowest BCUT2D eigenvalue weighted by atomic mass is 9.87. The normalized spacial score (nSPS) is 33.6. The molecular formula is C16H24N4. The zero-order valence-corrected chi connectivity index (χ0v) is 12.4. The van der Waals surface area contributed by atoms with Gasteiger partial charge in [-0.3, -0.25) is 0 Å². The summed E-state index contributed by atoms with van der Waals surface area (Å²) >= 11 is 0. The zero-order valence-electron chi connectivity index (χ0n) is 12.4. The first-order valence-electron chi connectivity index (χ1n) is 8.08. The summed E-state index contributed by atoms with van der Waals surface area (Å²) in [7, 11) is 0. The van der Waals surface area contributed by atoms with Crippen molar-refractivity contribution < 1.29 is 0 Å². The highest BCUT2D eigenvalue weighted by Gasteiger charge is 2.39. The van der Waals surface area contributed by atoms with E-state index in [1.165, 1.54) is 25.1 Å². The molecule has 108 valence electrons. The number of nitrogens with zero attached hydrogens (tertiary/aromatic N) is 3. The van der Waals surface area contributed by atoms with Gasteiger partial charge in [0.05, 0.1) is 6.04 Å². The van der Waals surface area contributed by atoms with Crippen LogP contribution in [-0.4, -0.2) is 20.8 Å². The monoisotopic (exact) mass is 272 g/mol. The van der Waals surface area contributed by atoms with Crippen LogP contribution in [0.4, 0.5) is 0 Å². The molecule has 1 N–H and O–H groups in total. The smallest absolute Gasteiger partial charge is 0.149 e. The summed E-state index contributed by atoms with van der Waals surface area (Å²) in [6.45, 7) is 5.67. The van der Waals surface area contributed by atoms with Crippen molar-refractivity contribution in [2.45, 2.75) is 58.2 Å². The van der Waals surface area contributed by atoms with Crippen molar-refractivity contribution >= 4 is 0 Å². The zero-order chi connectivity index (χ0) is 13.7. The molecule has 1 fully saturated rings. The number of nitrogens with one attached hydrogen (secondary N) is 1. The van der Waals surface area contributed by atoms with Gasteiger partial charge in [0.15, 0.2) is 0 Å². The van der Waals surface area contributed by atoms with Gasteiger partial charge < -0.3 is 9.88 Å². The third-order valence-electron chi connectivity index (χ3n) is 5.51. The fourth-order valence-electron chi connectivity index (χ4n) is 4.48. The average molecular weight is 272 g/mol. The molecule has 0 radical (unpaired) electrons. The predicted octanol–water partition coefficient (Wildman–Crippen LogP) is 2.48. The SMILES string of the molecule is CC(NC(C)C1CC2C=CC1C2)c1nnc2n1CCC2. The standard InChI is InChI=1S/C16H24N4/c1-10(14-9-12-5-6-13(14)8-12)17-11(2)16-19-18-15-4-3-7-20(15)16/h5-6,10-14,17H,3-4,7-9H2,1-2H3. The summed E-state index contributed by atoms with van der Waals surface area (Å²) in [5, 5.41) is 12.5. The van der Waals surface area contributed by atoms with Gasteiger partial charge in [0.25, 0.3) is 0 Å². The lowest BCUT2D eigenvalue weighted by Gasteiger charge is -2.29. The van der Waals surface area contributed by atoms with Gasteiger partial charge in [-0.1, -0.05) is 12.2 Å². The molecule has 1 aromatic rings. The van der Waals surface area contributed by atoms with Gasteiger partial charge in [-0.2, -0.15) is 0 Å². The second-order valence-corrected chi connectivity index (χ2v) is 6.85. The molecule has 2 heterocycles. The number of aryl methyl sites for hydroxylation is 1. The van der Waals surface area contributed by atoms with Crippen LogP contribution in [0.2, 0.25) is 0 Å². The van der Waals surface area contributed by atoms with E-state index in [0.29, 0.717) is 12.1 Å². The lowest BCUT2D eigenvalue weighted by molar-refractivity contribution is 0.301. The summed E-state index contributed by atoms with van der Waals surface area (Å²) in [5.74, 6) is 4.75. The van der Waals surface area contributed by atoms with Crippen molar-refractivity contribution in [3.05, 3.63) is 23.8 Å². The van der Waals surface area contributed by atoms with Gasteiger partial charge in [-0.15, -0.1) is 10.2 Å². The maximum absolute atomic E-state index is 4.40. The van der Waals surface area contributed by atoms with Crippen LogP contribution in [0.25, 0.3) is 0 Å². The summed E-state index contributed by atoms with van der Waals surface area (Å²) in [5.41, 5.74) is 0. The Morgan fingerprint density at radius 2 is 2.15 bits per heavy atom. The molecule has 1 aliphatic heterocycles. The fraction of sp³-hybridized carbons (Fsp3) is 0.750. The van der Waals surface area contributed by atoms with Crippen LogP contribution in [0.5, 0.6) is 0 Å². The molecule has 5 unspecified atom stereocenters. The van der Waals surface area contributed by atoms with Crippen molar-refractivity contribution in [2.24, 2.45) is 17.8 Å². The first kappa shape index (κ1) is 12.6. The Labute approximate surface area is 120 Å². The van der Waals surface area contributed by atoms with Crippen LogP contribution in [0, 0.1) is 17.8 Å². The van der Waals surface area contributed by atoms with Gasteiger partial charge in [0.2, 0.25) is 0 Å². The van der Waals surface area contributed by atoms with Crippen LogP contribution in [0.3, 0.4) is 0 Å². The topological polar surface area (TPSA) is 42.7 Å². The van der Waals surface area contributed by atoms with E-state index in [-0.39, 0.29) is 0 Å². The predicted molar refractivity (Wildman–Crippen MR) is 78.2 cm³/mol. The van der Waals surface area contributed by atoms with E-state index < -0.39 is 0 Å². The van der Waals surface area contributed by atoms with Gasteiger partial charge >= 0.3 is 0 Å². The van der Waals surface area contributed by atoms with Crippen LogP contribution in [0.15, 0.2) is 12.2 Å². The molecule has 20 heavy (non-hydrogen) atoms. The van der Waals surface area contributed by atoms with E-state index in [2.05, 4.69) is 46.1 Å². The van der Waals surface area contributed by atoms with Crippen molar-refractivity contribution in [1.82, 2.24) is 20.1 Å². The van der Waals surface area contributed by atoms with Crippen molar-refractivity contribution in [3.63, 3.8) is 0 Å². The summed E-state index contributed by atoms with van der Waals surface area (Å²) in [6, 6.07) is 0.853. The van der Waals surface area contributed by atoms with Gasteiger partial charge in [-0.25, -0.2) is 0 Å². The molecule has 4 nitrogen and oxygen atoms in total. The second kappa shape index (κ2) is 4.69. The first-order chi connectivity index (χ1) is 9.72. The Kier molecular flexibility index (Phi) is 2.95. The molecular weight excluding hydrogens is 248 g/mol. The van der Waals surface area contributed by atoms with E-state index in [1.54, 1.807) is 0 Å². The summed E-state index contributed by atoms with van der Waals surface area (Å²) in [6.07, 6.45) is 9.91. The Morgan fingerprint density at radius 3 is 2.90 bits per heavy atom. The minimum absolute atomic E-state index is 0.299. The minimum Gasteiger partial charge on any atom is -0.314 e. The highest BCUT2D eigenvalue weighted by Crippen LogP contribution is 2.45. The van der Waals surface area contributed by atoms with Gasteiger partial charge in [0.1, 0.15) is 11.6 Å². The Balaban J connectivity index is 1.44. The van der Waals surface area contributed by atoms with Crippen LogP contribution in [0.1, 0.15) is 50.8 Å². The number of hydrogen-bond acceptors (Lipinski definition) is 3. The molecule has 5 atom stereocenters. The van der Waals surface area contributed by atoms with Crippen molar-refractivity contribution in [1.29, 1.82) is 0 Å². The van der Waals surface area contributed by atoms with Crippen molar-refractivity contribution in [2.75, 3.05) is 0 Å². The van der Waals surface area contributed by atoms with Crippen molar-refractivity contribution in [3.8, 4) is 0 Å². The van der Waals surface area contributed by atoms with Crippen LogP contribution in [-0.2, 0) is 13.0 Å². The first-order valence-corrected chi connectivity index (χ1v) is 8.08. The lowest BCUT2D eigenvalue weighted by Crippen LogP contribution is -2.38. The van der Waals surface area contributed by atoms with E-state index in [4.69, 9.17) is 0 Å². The fourth-order valence-corrected chi connectivity index (χ4v) is 4.48. The minimum atomic E-state index is 0.299. The van der Waals surface area contributed by atoms with E-state index >= 15 is 0 Å². The maximum atomic E-state index is 4.40. The van der Waals surface area contributed by atoms with E-state index in [0.717, 1.165) is 36.5 Å². The average Bonchev–Trinajstić information content (AvgIpc) is 3.17. The quantitative estimate of drug-likeness (QED) is 0.856. The molecule has 1 saturated carbocycles. The number of rotatable bonds is 4. The Hall–Kier alpha value is -1.16. The highest BCUT2D eigenvalue weighted by atomic mass is 15.3. The number of allylic oxidation sites excluding steroid dienone is 2. The third kappa shape index (κ3) is 1.93. The van der Waals surface area contributed by atoms with Crippen LogP contribution < -0.4 is 5.32 Å². The molecule has 0 amide bonds. The Bertz CT molecular complexity index is 533. The second-order valence-electron chi connectivity index (χ2n) is 6.85.